The van der Waals surface area contributed by atoms with Crippen molar-refractivity contribution in [3.8, 4) is 0 Å². The molecule has 0 unspecified atom stereocenters. The number of benzene rings is 1. The summed E-state index contributed by atoms with van der Waals surface area (Å²) in [4.78, 5) is 38.0. The van der Waals surface area contributed by atoms with Crippen LogP contribution in [0, 0.1) is 23.1 Å². The maximum atomic E-state index is 14.4. The molecule has 0 aliphatic carbocycles. The third-order valence-corrected chi connectivity index (χ3v) is 5.50. The predicted octanol–water partition coefficient (Wildman–Crippen LogP) is 2.37. The molecule has 1 aromatic carbocycles. The Hall–Kier alpha value is -2.48. The summed E-state index contributed by atoms with van der Waals surface area (Å²) < 4.78 is 19.8. The molecule has 2 fully saturated rings. The number of amides is 2. The van der Waals surface area contributed by atoms with E-state index in [1.165, 1.54) is 17.0 Å². The SMILES string of the molecule is CC(C)CC(=O)Nc1ccc(C(=O)N2C[C@H]3COCC[C@@]3(C(=O)O)C2)cc1F. The van der Waals surface area contributed by atoms with Gasteiger partial charge in [-0.3, -0.25) is 14.4 Å². The molecule has 0 radical (unpaired) electrons. The second-order valence-corrected chi connectivity index (χ2v) is 8.01. The van der Waals surface area contributed by atoms with Gasteiger partial charge in [0.05, 0.1) is 17.7 Å². The number of halogens is 1. The monoisotopic (exact) mass is 392 g/mol. The predicted molar refractivity (Wildman–Crippen MR) is 99.4 cm³/mol. The fraction of sp³-hybridized carbons (Fsp3) is 0.550. The number of carbonyl (C=O) groups is 3. The highest BCUT2D eigenvalue weighted by atomic mass is 19.1. The standard InChI is InChI=1S/C20H25FN2O5/c1-12(2)7-17(24)22-16-4-3-13(8-15(16)21)18(25)23-9-14-10-28-6-5-20(14,11-23)19(26)27/h3-4,8,12,14H,5-7,9-11H2,1-2H3,(H,22,24)(H,26,27)/t14-,20+/m0/s1. The van der Waals surface area contributed by atoms with Crippen molar-refractivity contribution < 1.29 is 28.6 Å². The number of nitrogens with one attached hydrogen (secondary N) is 1. The van der Waals surface area contributed by atoms with Gasteiger partial charge in [-0.05, 0) is 30.5 Å². The minimum Gasteiger partial charge on any atom is -0.481 e. The van der Waals surface area contributed by atoms with Crippen molar-refractivity contribution >= 4 is 23.5 Å². The molecular formula is C20H25FN2O5. The minimum atomic E-state index is -1.00. The number of fused-ring (bicyclic) bond motifs is 1. The lowest BCUT2D eigenvalue weighted by Gasteiger charge is -2.33. The molecule has 2 aliphatic rings. The van der Waals surface area contributed by atoms with Crippen LogP contribution in [0.3, 0.4) is 0 Å². The van der Waals surface area contributed by atoms with Crippen molar-refractivity contribution in [2.24, 2.45) is 17.3 Å². The quantitative estimate of drug-likeness (QED) is 0.802. The van der Waals surface area contributed by atoms with Crippen molar-refractivity contribution in [3.63, 3.8) is 0 Å². The number of rotatable bonds is 5. The molecule has 28 heavy (non-hydrogen) atoms. The minimum absolute atomic E-state index is 0.0210. The lowest BCUT2D eigenvalue weighted by atomic mass is 9.74. The summed E-state index contributed by atoms with van der Waals surface area (Å²) in [5.41, 5.74) is -0.857. The number of hydrogen-bond donors (Lipinski definition) is 2. The van der Waals surface area contributed by atoms with E-state index in [0.717, 1.165) is 6.07 Å². The van der Waals surface area contributed by atoms with Crippen molar-refractivity contribution in [1.82, 2.24) is 4.90 Å². The number of carboxylic acids is 1. The Kier molecular flexibility index (Phi) is 5.69. The van der Waals surface area contributed by atoms with Crippen LogP contribution in [-0.4, -0.2) is 54.1 Å². The van der Waals surface area contributed by atoms with Gasteiger partial charge >= 0.3 is 5.97 Å². The third-order valence-electron chi connectivity index (χ3n) is 5.50. The number of carbonyl (C=O) groups excluding carboxylic acids is 2. The van der Waals surface area contributed by atoms with Crippen LogP contribution in [0.1, 0.15) is 37.0 Å². The van der Waals surface area contributed by atoms with Crippen molar-refractivity contribution in [2.45, 2.75) is 26.7 Å². The zero-order valence-corrected chi connectivity index (χ0v) is 16.0. The Morgan fingerprint density at radius 2 is 2.14 bits per heavy atom. The Labute approximate surface area is 162 Å². The molecule has 2 N–H and O–H groups in total. The molecular weight excluding hydrogens is 367 g/mol. The van der Waals surface area contributed by atoms with Crippen LogP contribution >= 0.6 is 0 Å². The highest BCUT2D eigenvalue weighted by molar-refractivity contribution is 5.96. The number of likely N-dealkylation sites (tertiary alicyclic amines) is 1. The van der Waals surface area contributed by atoms with Gasteiger partial charge in [-0.25, -0.2) is 4.39 Å². The van der Waals surface area contributed by atoms with Crippen molar-refractivity contribution in [1.29, 1.82) is 0 Å². The molecule has 1 aromatic rings. The average Bonchev–Trinajstić information content (AvgIpc) is 3.03. The molecule has 2 heterocycles. The largest absolute Gasteiger partial charge is 0.481 e. The molecule has 2 atom stereocenters. The molecule has 0 spiro atoms. The summed E-state index contributed by atoms with van der Waals surface area (Å²) in [6.45, 7) is 4.78. The van der Waals surface area contributed by atoms with Gasteiger partial charge in [0.15, 0.2) is 0 Å². The molecule has 2 aliphatic heterocycles. The first-order chi connectivity index (χ1) is 13.2. The van der Waals surface area contributed by atoms with Crippen LogP contribution in [-0.2, 0) is 14.3 Å². The van der Waals surface area contributed by atoms with Gasteiger partial charge in [0.25, 0.3) is 5.91 Å². The normalized spacial score (nSPS) is 24.1. The Morgan fingerprint density at radius 1 is 1.39 bits per heavy atom. The highest BCUT2D eigenvalue weighted by Crippen LogP contribution is 2.42. The van der Waals surface area contributed by atoms with E-state index in [1.807, 2.05) is 13.8 Å². The molecule has 0 aromatic heterocycles. The van der Waals surface area contributed by atoms with Crippen LogP contribution in [0.25, 0.3) is 0 Å². The number of aliphatic carboxylic acids is 1. The maximum Gasteiger partial charge on any atom is 0.311 e. The van der Waals surface area contributed by atoms with E-state index in [4.69, 9.17) is 4.74 Å². The maximum absolute atomic E-state index is 14.4. The fourth-order valence-electron chi connectivity index (χ4n) is 3.96. The first kappa shape index (κ1) is 20.3. The molecule has 3 rings (SSSR count). The lowest BCUT2D eigenvalue weighted by Crippen LogP contribution is -2.45. The zero-order valence-electron chi connectivity index (χ0n) is 16.0. The molecule has 0 saturated carbocycles. The highest BCUT2D eigenvalue weighted by Gasteiger charge is 2.54. The van der Waals surface area contributed by atoms with Crippen LogP contribution < -0.4 is 5.32 Å². The Bertz CT molecular complexity index is 797. The summed E-state index contributed by atoms with van der Waals surface area (Å²) in [5, 5.41) is 12.2. The Morgan fingerprint density at radius 3 is 2.75 bits per heavy atom. The van der Waals surface area contributed by atoms with E-state index in [2.05, 4.69) is 5.32 Å². The smallest absolute Gasteiger partial charge is 0.311 e. The third kappa shape index (κ3) is 3.87. The summed E-state index contributed by atoms with van der Waals surface area (Å²) in [5.74, 6) is -2.47. The van der Waals surface area contributed by atoms with Crippen LogP contribution in [0.2, 0.25) is 0 Å². The van der Waals surface area contributed by atoms with Gasteiger partial charge in [-0.2, -0.15) is 0 Å². The average molecular weight is 392 g/mol. The first-order valence-electron chi connectivity index (χ1n) is 9.43. The summed E-state index contributed by atoms with van der Waals surface area (Å²) in [6, 6.07) is 3.89. The number of anilines is 1. The van der Waals surface area contributed by atoms with Crippen molar-refractivity contribution in [3.05, 3.63) is 29.6 Å². The molecule has 7 nitrogen and oxygen atoms in total. The molecule has 0 bridgehead atoms. The van der Waals surface area contributed by atoms with Gasteiger partial charge in [-0.15, -0.1) is 0 Å². The van der Waals surface area contributed by atoms with E-state index in [0.29, 0.717) is 19.6 Å². The molecule has 2 amide bonds. The van der Waals surface area contributed by atoms with Crippen LogP contribution in [0.4, 0.5) is 10.1 Å². The van der Waals surface area contributed by atoms with Crippen LogP contribution in [0.5, 0.6) is 0 Å². The van der Waals surface area contributed by atoms with Gasteiger partial charge in [0, 0.05) is 37.6 Å². The molecule has 152 valence electrons. The van der Waals surface area contributed by atoms with Crippen LogP contribution in [0.15, 0.2) is 18.2 Å². The fourth-order valence-corrected chi connectivity index (χ4v) is 3.96. The topological polar surface area (TPSA) is 95.9 Å². The number of ether oxygens (including phenoxy) is 1. The van der Waals surface area contributed by atoms with E-state index in [1.54, 1.807) is 0 Å². The molecule has 8 heteroatoms. The van der Waals surface area contributed by atoms with E-state index in [-0.39, 0.29) is 48.5 Å². The second kappa shape index (κ2) is 7.87. The summed E-state index contributed by atoms with van der Waals surface area (Å²) in [7, 11) is 0. The number of hydrogen-bond acceptors (Lipinski definition) is 4. The molecule has 2 saturated heterocycles. The summed E-state index contributed by atoms with van der Waals surface area (Å²) >= 11 is 0. The lowest BCUT2D eigenvalue weighted by molar-refractivity contribution is -0.157. The van der Waals surface area contributed by atoms with Gasteiger partial charge in [-0.1, -0.05) is 13.8 Å². The van der Waals surface area contributed by atoms with E-state index in [9.17, 15) is 23.9 Å². The number of nitrogens with zero attached hydrogens (tertiary/aromatic N) is 1. The van der Waals surface area contributed by atoms with Gasteiger partial charge in [0.1, 0.15) is 5.82 Å². The van der Waals surface area contributed by atoms with Crippen molar-refractivity contribution in [2.75, 3.05) is 31.6 Å². The zero-order chi connectivity index (χ0) is 20.5. The number of carboxylic acid groups (broad SMARTS) is 1. The Balaban J connectivity index is 1.74. The van der Waals surface area contributed by atoms with E-state index < -0.39 is 23.1 Å². The second-order valence-electron chi connectivity index (χ2n) is 8.01. The van der Waals surface area contributed by atoms with E-state index >= 15 is 0 Å². The first-order valence-corrected chi connectivity index (χ1v) is 9.43. The summed E-state index contributed by atoms with van der Waals surface area (Å²) in [6.07, 6.45) is 0.626. The van der Waals surface area contributed by atoms with Gasteiger partial charge in [0.2, 0.25) is 5.91 Å². The van der Waals surface area contributed by atoms with Gasteiger partial charge < -0.3 is 20.1 Å².